The van der Waals surface area contributed by atoms with Crippen molar-refractivity contribution in [3.8, 4) is 5.75 Å². The maximum Gasteiger partial charge on any atom is 0.398 e. The van der Waals surface area contributed by atoms with Crippen LogP contribution in [0.15, 0.2) is 72.8 Å². The van der Waals surface area contributed by atoms with Crippen LogP contribution in [-0.2, 0) is 26.9 Å². The summed E-state index contributed by atoms with van der Waals surface area (Å²) in [5.41, 5.74) is 3.07. The number of fused-ring (bicyclic) bond motifs is 1. The number of hydrogen-bond donors (Lipinski definition) is 0. The van der Waals surface area contributed by atoms with Gasteiger partial charge in [-0.15, -0.1) is 0 Å². The van der Waals surface area contributed by atoms with E-state index in [4.69, 9.17) is 4.74 Å². The average molecular weight is 522 g/mol. The van der Waals surface area contributed by atoms with Crippen molar-refractivity contribution in [1.82, 2.24) is 0 Å². The molecular weight excluding hydrogens is 491 g/mol. The van der Waals surface area contributed by atoms with Gasteiger partial charge in [0.25, 0.3) is 0 Å². The van der Waals surface area contributed by atoms with Crippen LogP contribution in [0.2, 0.25) is 0 Å². The SMILES string of the molecule is COC(=O)C=Cc1ccc(C2(C)c3ccc(OC)cc3CCN2c2ccc(C3(C(F)(F)F)CC3)cc2)cc1. The first-order chi connectivity index (χ1) is 18.1. The summed E-state index contributed by atoms with van der Waals surface area (Å²) in [7, 11) is 2.98. The predicted molar refractivity (Wildman–Crippen MR) is 141 cm³/mol. The third kappa shape index (κ3) is 4.34. The van der Waals surface area contributed by atoms with Crippen molar-refractivity contribution in [3.05, 3.63) is 101 Å². The van der Waals surface area contributed by atoms with Gasteiger partial charge in [0.15, 0.2) is 0 Å². The van der Waals surface area contributed by atoms with Crippen LogP contribution in [0.5, 0.6) is 5.75 Å². The summed E-state index contributed by atoms with van der Waals surface area (Å²) in [6, 6.07) is 20.9. The molecule has 0 spiro atoms. The highest BCUT2D eigenvalue weighted by atomic mass is 19.4. The summed E-state index contributed by atoms with van der Waals surface area (Å²) in [4.78, 5) is 13.8. The number of carbonyl (C=O) groups excluding carboxylic acids is 1. The molecule has 0 N–H and O–H groups in total. The molecular formula is C31H30F3NO3. The number of rotatable bonds is 6. The molecule has 3 aromatic carbocycles. The molecule has 1 atom stereocenters. The van der Waals surface area contributed by atoms with Gasteiger partial charge in [-0.2, -0.15) is 13.2 Å². The molecule has 0 amide bonds. The number of ether oxygens (including phenoxy) is 2. The lowest BCUT2D eigenvalue weighted by molar-refractivity contribution is -0.160. The lowest BCUT2D eigenvalue weighted by Crippen LogP contribution is -2.49. The number of methoxy groups -OCH3 is 2. The molecule has 1 heterocycles. The minimum absolute atomic E-state index is 0.142. The molecule has 0 radical (unpaired) electrons. The molecule has 0 aromatic heterocycles. The standard InChI is InChI=1S/C31H30F3NO3/c1-29(23-7-4-21(5-8-23)6-15-28(36)38-3)27-14-13-26(37-2)20-22(27)16-19-35(29)25-11-9-24(10-12-25)30(17-18-30)31(32,33)34/h4-15,20H,16-19H2,1-3H3. The molecule has 1 saturated carbocycles. The van der Waals surface area contributed by atoms with Crippen LogP contribution in [0.3, 0.4) is 0 Å². The fourth-order valence-electron chi connectivity index (χ4n) is 5.65. The lowest BCUT2D eigenvalue weighted by atomic mass is 9.76. The third-order valence-corrected chi connectivity index (χ3v) is 8.09. The van der Waals surface area contributed by atoms with E-state index in [-0.39, 0.29) is 12.8 Å². The Morgan fingerprint density at radius 2 is 1.61 bits per heavy atom. The fourth-order valence-corrected chi connectivity index (χ4v) is 5.65. The topological polar surface area (TPSA) is 38.8 Å². The first-order valence-corrected chi connectivity index (χ1v) is 12.6. The van der Waals surface area contributed by atoms with Crippen LogP contribution in [0.4, 0.5) is 18.9 Å². The van der Waals surface area contributed by atoms with E-state index in [9.17, 15) is 18.0 Å². The minimum atomic E-state index is -4.24. The second-order valence-corrected chi connectivity index (χ2v) is 10.1. The van der Waals surface area contributed by atoms with Gasteiger partial charge in [0.05, 0.1) is 25.2 Å². The Bertz CT molecular complexity index is 1360. The summed E-state index contributed by atoms with van der Waals surface area (Å²) in [5.74, 6) is 0.360. The Hall–Kier alpha value is -3.74. The van der Waals surface area contributed by atoms with Crippen molar-refractivity contribution in [2.45, 2.75) is 43.3 Å². The number of esters is 1. The third-order valence-electron chi connectivity index (χ3n) is 8.09. The minimum Gasteiger partial charge on any atom is -0.497 e. The number of hydrogen-bond acceptors (Lipinski definition) is 4. The van der Waals surface area contributed by atoms with Crippen LogP contribution in [0, 0.1) is 0 Å². The zero-order valence-corrected chi connectivity index (χ0v) is 21.6. The molecule has 1 aliphatic heterocycles. The van der Waals surface area contributed by atoms with Gasteiger partial charge in [0, 0.05) is 18.3 Å². The highest BCUT2D eigenvalue weighted by Crippen LogP contribution is 2.59. The molecule has 4 nitrogen and oxygen atoms in total. The number of halogens is 3. The predicted octanol–water partition coefficient (Wildman–Crippen LogP) is 6.80. The lowest BCUT2D eigenvalue weighted by Gasteiger charge is -2.48. The molecule has 5 rings (SSSR count). The van der Waals surface area contributed by atoms with E-state index in [1.165, 1.54) is 18.7 Å². The average Bonchev–Trinajstić information content (AvgIpc) is 3.75. The Morgan fingerprint density at radius 1 is 0.947 bits per heavy atom. The van der Waals surface area contributed by atoms with Crippen molar-refractivity contribution >= 4 is 17.7 Å². The van der Waals surface area contributed by atoms with E-state index in [2.05, 4.69) is 28.7 Å². The zero-order valence-electron chi connectivity index (χ0n) is 21.6. The van der Waals surface area contributed by atoms with Crippen LogP contribution in [0.25, 0.3) is 6.08 Å². The number of alkyl halides is 3. The summed E-state index contributed by atoms with van der Waals surface area (Å²) >= 11 is 0. The molecule has 0 saturated heterocycles. The van der Waals surface area contributed by atoms with Gasteiger partial charge >= 0.3 is 12.1 Å². The number of anilines is 1. The van der Waals surface area contributed by atoms with E-state index in [1.807, 2.05) is 42.5 Å². The largest absolute Gasteiger partial charge is 0.497 e. The molecule has 3 aromatic rings. The second kappa shape index (κ2) is 9.53. The summed E-state index contributed by atoms with van der Waals surface area (Å²) in [6.07, 6.45) is -0.109. The van der Waals surface area contributed by atoms with Gasteiger partial charge in [-0.25, -0.2) is 4.79 Å². The van der Waals surface area contributed by atoms with Crippen LogP contribution >= 0.6 is 0 Å². The smallest absolute Gasteiger partial charge is 0.398 e. The van der Waals surface area contributed by atoms with Gasteiger partial charge in [-0.3, -0.25) is 0 Å². The monoisotopic (exact) mass is 521 g/mol. The van der Waals surface area contributed by atoms with Crippen LogP contribution in [-0.4, -0.2) is 32.9 Å². The Kier molecular flexibility index (Phi) is 6.49. The molecule has 1 aliphatic carbocycles. The summed E-state index contributed by atoms with van der Waals surface area (Å²) < 4.78 is 51.3. The first-order valence-electron chi connectivity index (χ1n) is 12.6. The van der Waals surface area contributed by atoms with Crippen LogP contribution in [0.1, 0.15) is 47.6 Å². The fraction of sp³-hybridized carbons (Fsp3) is 0.323. The maximum absolute atomic E-state index is 13.7. The van der Waals surface area contributed by atoms with E-state index in [1.54, 1.807) is 25.3 Å². The Morgan fingerprint density at radius 3 is 2.18 bits per heavy atom. The van der Waals surface area contributed by atoms with Crippen molar-refractivity contribution < 1.29 is 27.4 Å². The summed E-state index contributed by atoms with van der Waals surface area (Å²) in [5, 5.41) is 0. The van der Waals surface area contributed by atoms with E-state index in [0.717, 1.165) is 34.5 Å². The number of carbonyl (C=O) groups is 1. The number of nitrogens with zero attached hydrogens (tertiary/aromatic N) is 1. The van der Waals surface area contributed by atoms with Gasteiger partial charge in [-0.1, -0.05) is 42.5 Å². The van der Waals surface area contributed by atoms with E-state index >= 15 is 0 Å². The van der Waals surface area contributed by atoms with E-state index in [0.29, 0.717) is 12.1 Å². The van der Waals surface area contributed by atoms with Gasteiger partial charge in [-0.05, 0) is 84.3 Å². The Balaban J connectivity index is 1.55. The van der Waals surface area contributed by atoms with Crippen molar-refractivity contribution in [1.29, 1.82) is 0 Å². The molecule has 7 heteroatoms. The maximum atomic E-state index is 13.7. The van der Waals surface area contributed by atoms with Gasteiger partial charge < -0.3 is 14.4 Å². The molecule has 38 heavy (non-hydrogen) atoms. The van der Waals surface area contributed by atoms with Crippen molar-refractivity contribution in [2.24, 2.45) is 0 Å². The zero-order chi connectivity index (χ0) is 27.1. The molecule has 1 unspecified atom stereocenters. The van der Waals surface area contributed by atoms with Crippen LogP contribution < -0.4 is 9.64 Å². The second-order valence-electron chi connectivity index (χ2n) is 10.1. The molecule has 2 aliphatic rings. The summed E-state index contributed by atoms with van der Waals surface area (Å²) in [6.45, 7) is 2.83. The quantitative estimate of drug-likeness (QED) is 0.264. The normalized spacial score (nSPS) is 20.2. The van der Waals surface area contributed by atoms with Crippen molar-refractivity contribution in [3.63, 3.8) is 0 Å². The first kappa shape index (κ1) is 25.9. The van der Waals surface area contributed by atoms with Gasteiger partial charge in [0.2, 0.25) is 0 Å². The highest BCUT2D eigenvalue weighted by Gasteiger charge is 2.64. The highest BCUT2D eigenvalue weighted by molar-refractivity contribution is 5.86. The van der Waals surface area contributed by atoms with E-state index < -0.39 is 23.1 Å². The molecule has 1 fully saturated rings. The van der Waals surface area contributed by atoms with Gasteiger partial charge in [0.1, 0.15) is 5.75 Å². The molecule has 198 valence electrons. The Labute approximate surface area is 220 Å². The van der Waals surface area contributed by atoms with Crippen molar-refractivity contribution in [2.75, 3.05) is 25.7 Å². The molecule has 0 bridgehead atoms. The number of benzene rings is 3.